The van der Waals surface area contributed by atoms with Crippen LogP contribution in [0.3, 0.4) is 0 Å². The number of primary amides is 1. The number of rotatable bonds is 10. The Morgan fingerprint density at radius 1 is 0.786 bits per heavy atom. The molecule has 0 radical (unpaired) electrons. The maximum Gasteiger partial charge on any atom is 0.326 e. The number of amides is 2. The SMILES string of the molecule is CCN(CC)c1ccc2c(c1)Oc1cc3cc(N(CC)CC)ccc3cc1C2(c1ccccc1C=O)N(C)NC(N)=O. The van der Waals surface area contributed by atoms with E-state index in [4.69, 9.17) is 10.5 Å². The zero-order chi connectivity index (χ0) is 30.0. The molecule has 0 spiro atoms. The molecule has 0 saturated carbocycles. The van der Waals surface area contributed by atoms with Gasteiger partial charge in [-0.3, -0.25) is 10.2 Å². The fraction of sp³-hybridized carbons (Fsp3) is 0.294. The van der Waals surface area contributed by atoms with Crippen molar-refractivity contribution in [1.82, 2.24) is 10.4 Å². The summed E-state index contributed by atoms with van der Waals surface area (Å²) in [4.78, 5) is 29.4. The Morgan fingerprint density at radius 3 is 2.05 bits per heavy atom. The summed E-state index contributed by atoms with van der Waals surface area (Å²) in [6.07, 6.45) is 0.853. The van der Waals surface area contributed by atoms with E-state index in [0.29, 0.717) is 22.6 Å². The number of anilines is 2. The highest BCUT2D eigenvalue weighted by Crippen LogP contribution is 2.55. The van der Waals surface area contributed by atoms with E-state index in [9.17, 15) is 9.59 Å². The van der Waals surface area contributed by atoms with E-state index < -0.39 is 11.6 Å². The molecule has 1 atom stereocenters. The number of hydrogen-bond donors (Lipinski definition) is 2. The topological polar surface area (TPSA) is 91.1 Å². The number of carbonyl (C=O) groups is 2. The lowest BCUT2D eigenvalue weighted by molar-refractivity contribution is 0.110. The molecule has 0 fully saturated rings. The molecule has 0 bridgehead atoms. The van der Waals surface area contributed by atoms with Gasteiger partial charge in [0.05, 0.1) is 0 Å². The van der Waals surface area contributed by atoms with Crippen molar-refractivity contribution in [3.05, 3.63) is 95.1 Å². The quantitative estimate of drug-likeness (QED) is 0.174. The van der Waals surface area contributed by atoms with Crippen LogP contribution in [-0.4, -0.2) is 50.6 Å². The van der Waals surface area contributed by atoms with Crippen LogP contribution in [0.1, 0.15) is 54.7 Å². The highest BCUT2D eigenvalue weighted by Gasteiger charge is 2.49. The molecule has 8 nitrogen and oxygen atoms in total. The van der Waals surface area contributed by atoms with Gasteiger partial charge >= 0.3 is 6.03 Å². The van der Waals surface area contributed by atoms with Crippen molar-refractivity contribution in [2.45, 2.75) is 33.2 Å². The number of hydrogen-bond acceptors (Lipinski definition) is 6. The molecule has 0 saturated heterocycles. The Hall–Kier alpha value is -4.56. The van der Waals surface area contributed by atoms with Crippen molar-refractivity contribution in [2.75, 3.05) is 43.0 Å². The van der Waals surface area contributed by atoms with Crippen LogP contribution < -0.4 is 25.7 Å². The zero-order valence-electron chi connectivity index (χ0n) is 25.0. The predicted molar refractivity (Wildman–Crippen MR) is 170 cm³/mol. The molecule has 0 aromatic heterocycles. The van der Waals surface area contributed by atoms with Gasteiger partial charge in [-0.2, -0.15) is 0 Å². The number of nitrogens with zero attached hydrogens (tertiary/aromatic N) is 3. The minimum Gasteiger partial charge on any atom is -0.456 e. The van der Waals surface area contributed by atoms with Crippen molar-refractivity contribution in [3.8, 4) is 11.5 Å². The first-order chi connectivity index (χ1) is 20.3. The summed E-state index contributed by atoms with van der Waals surface area (Å²) in [7, 11) is 1.77. The molecule has 0 aliphatic carbocycles. The van der Waals surface area contributed by atoms with Gasteiger partial charge in [-0.05, 0) is 74.4 Å². The molecule has 4 aromatic carbocycles. The fourth-order valence-electron chi connectivity index (χ4n) is 6.37. The van der Waals surface area contributed by atoms with Gasteiger partial charge in [-0.25, -0.2) is 9.80 Å². The summed E-state index contributed by atoms with van der Waals surface area (Å²) < 4.78 is 6.72. The molecule has 1 aliphatic rings. The first-order valence-corrected chi connectivity index (χ1v) is 14.6. The van der Waals surface area contributed by atoms with Gasteiger partial charge in [-0.1, -0.05) is 36.4 Å². The van der Waals surface area contributed by atoms with E-state index in [-0.39, 0.29) is 0 Å². The minimum absolute atomic E-state index is 0.499. The Morgan fingerprint density at radius 2 is 1.40 bits per heavy atom. The lowest BCUT2D eigenvalue weighted by atomic mass is 9.72. The summed E-state index contributed by atoms with van der Waals surface area (Å²) in [5, 5.41) is 3.74. The first-order valence-electron chi connectivity index (χ1n) is 14.6. The molecule has 8 heteroatoms. The Labute approximate surface area is 247 Å². The van der Waals surface area contributed by atoms with E-state index in [2.05, 4.69) is 79.3 Å². The zero-order valence-corrected chi connectivity index (χ0v) is 25.0. The van der Waals surface area contributed by atoms with Crippen molar-refractivity contribution in [1.29, 1.82) is 0 Å². The maximum atomic E-state index is 12.5. The smallest absolute Gasteiger partial charge is 0.326 e. The fourth-order valence-corrected chi connectivity index (χ4v) is 6.37. The van der Waals surface area contributed by atoms with Gasteiger partial charge in [0.15, 0.2) is 0 Å². The molecule has 2 amide bonds. The number of ether oxygens (including phenoxy) is 1. The third kappa shape index (κ3) is 4.71. The first kappa shape index (κ1) is 29.0. The van der Waals surface area contributed by atoms with Crippen molar-refractivity contribution in [2.24, 2.45) is 5.73 Å². The average Bonchev–Trinajstić information content (AvgIpc) is 2.99. The van der Waals surface area contributed by atoms with Crippen molar-refractivity contribution >= 4 is 34.5 Å². The number of nitrogens with one attached hydrogen (secondary N) is 1. The van der Waals surface area contributed by atoms with Gasteiger partial charge in [0.25, 0.3) is 0 Å². The number of hydrazine groups is 1. The van der Waals surface area contributed by atoms with Crippen LogP contribution in [0.25, 0.3) is 10.8 Å². The number of fused-ring (bicyclic) bond motifs is 3. The van der Waals surface area contributed by atoms with Crippen LogP contribution in [0.4, 0.5) is 16.2 Å². The van der Waals surface area contributed by atoms with Crippen LogP contribution in [0.5, 0.6) is 11.5 Å². The summed E-state index contributed by atoms with van der Waals surface area (Å²) in [5.74, 6) is 1.28. The van der Waals surface area contributed by atoms with E-state index in [1.165, 1.54) is 0 Å². The molecular weight excluding hydrogens is 526 g/mol. The highest BCUT2D eigenvalue weighted by atomic mass is 16.5. The van der Waals surface area contributed by atoms with E-state index in [1.807, 2.05) is 30.3 Å². The van der Waals surface area contributed by atoms with Gasteiger partial charge in [0.2, 0.25) is 0 Å². The van der Waals surface area contributed by atoms with Gasteiger partial charge in [0, 0.05) is 67.4 Å². The molecule has 218 valence electrons. The van der Waals surface area contributed by atoms with Crippen LogP contribution >= 0.6 is 0 Å². The van der Waals surface area contributed by atoms with E-state index in [1.54, 1.807) is 18.1 Å². The molecular formula is C34H39N5O3. The van der Waals surface area contributed by atoms with Crippen molar-refractivity contribution in [3.63, 3.8) is 0 Å². The van der Waals surface area contributed by atoms with Crippen molar-refractivity contribution < 1.29 is 14.3 Å². The second kappa shape index (κ2) is 11.7. The minimum atomic E-state index is -1.14. The summed E-state index contributed by atoms with van der Waals surface area (Å²) >= 11 is 0. The molecule has 42 heavy (non-hydrogen) atoms. The standard InChI is InChI=1S/C34H39N5O3/c1-6-38(7-2)26-15-14-23-19-30-31(20-25(23)18-26)42-32-21-27(39(8-3)9-4)16-17-29(32)34(30,37(5)36-33(35)41)28-13-11-10-12-24(28)22-40/h10-22H,6-9H2,1-5H3,(H3,35,36,41). The predicted octanol–water partition coefficient (Wildman–Crippen LogP) is 6.26. The van der Waals surface area contributed by atoms with Gasteiger partial charge in [0.1, 0.15) is 23.3 Å². The molecule has 1 aliphatic heterocycles. The van der Waals surface area contributed by atoms with Gasteiger partial charge in [-0.15, -0.1) is 0 Å². The number of carbonyl (C=O) groups excluding carboxylic acids is 2. The molecule has 4 aromatic rings. The largest absolute Gasteiger partial charge is 0.456 e. The molecule has 1 unspecified atom stereocenters. The third-order valence-electron chi connectivity index (χ3n) is 8.40. The number of benzene rings is 4. The van der Waals surface area contributed by atoms with E-state index in [0.717, 1.165) is 65.7 Å². The lowest BCUT2D eigenvalue weighted by Crippen LogP contribution is -2.57. The number of nitrogens with two attached hydrogens (primary N) is 1. The lowest BCUT2D eigenvalue weighted by Gasteiger charge is -2.47. The van der Waals surface area contributed by atoms with Crippen LogP contribution in [0, 0.1) is 0 Å². The Balaban J connectivity index is 1.88. The molecule has 1 heterocycles. The number of aldehydes is 1. The van der Waals surface area contributed by atoms with Crippen LogP contribution in [0.15, 0.2) is 72.8 Å². The second-order valence-corrected chi connectivity index (χ2v) is 10.5. The van der Waals surface area contributed by atoms with Crippen LogP contribution in [0.2, 0.25) is 0 Å². The Bertz CT molecular complexity index is 1630. The summed E-state index contributed by atoms with van der Waals surface area (Å²) in [6, 6.07) is 23.4. The second-order valence-electron chi connectivity index (χ2n) is 10.5. The average molecular weight is 566 g/mol. The highest BCUT2D eigenvalue weighted by molar-refractivity contribution is 5.90. The summed E-state index contributed by atoms with van der Waals surface area (Å²) in [5.41, 5.74) is 12.3. The monoisotopic (exact) mass is 565 g/mol. The Kier molecular flexibility index (Phi) is 8.09. The normalized spacial score (nSPS) is 15.5. The van der Waals surface area contributed by atoms with Crippen LogP contribution in [-0.2, 0) is 5.54 Å². The molecule has 5 rings (SSSR count). The number of urea groups is 1. The van der Waals surface area contributed by atoms with E-state index >= 15 is 0 Å². The van der Waals surface area contributed by atoms with Gasteiger partial charge < -0.3 is 20.3 Å². The summed E-state index contributed by atoms with van der Waals surface area (Å²) in [6.45, 7) is 12.0. The third-order valence-corrected chi connectivity index (χ3v) is 8.40. The molecule has 3 N–H and O–H groups in total. The maximum absolute atomic E-state index is 12.5.